The molecule has 60 valence electrons. The van der Waals surface area contributed by atoms with Gasteiger partial charge in [-0.2, -0.15) is 0 Å². The molecule has 1 aromatic rings. The molecule has 0 saturated carbocycles. The molecule has 1 heterocycles. The minimum atomic E-state index is 0.0164. The van der Waals surface area contributed by atoms with Gasteiger partial charge in [-0.05, 0) is 26.1 Å². The third-order valence-electron chi connectivity index (χ3n) is 1.54. The number of aromatic amines is 1. The Kier molecular flexibility index (Phi) is 2.86. The van der Waals surface area contributed by atoms with E-state index >= 15 is 0 Å². The molecule has 0 bridgehead atoms. The van der Waals surface area contributed by atoms with E-state index in [2.05, 4.69) is 10.3 Å². The summed E-state index contributed by atoms with van der Waals surface area (Å²) in [5.74, 6) is 0. The molecule has 0 spiro atoms. The predicted octanol–water partition coefficient (Wildman–Crippen LogP) is 0.137. The smallest absolute Gasteiger partial charge is 0.251 e. The van der Waals surface area contributed by atoms with Crippen LogP contribution < -0.4 is 10.9 Å². The maximum atomic E-state index is 11.0. The van der Waals surface area contributed by atoms with Crippen LogP contribution in [-0.4, -0.2) is 18.6 Å². The SMILES string of the molecule is CNCCc1ccc[nH]c1=O. The molecule has 11 heavy (non-hydrogen) atoms. The molecule has 0 saturated heterocycles. The Hall–Kier alpha value is -1.09. The molecule has 0 aromatic carbocycles. The van der Waals surface area contributed by atoms with Crippen molar-refractivity contribution in [2.24, 2.45) is 0 Å². The number of pyridine rings is 1. The second-order valence-corrected chi connectivity index (χ2v) is 2.38. The van der Waals surface area contributed by atoms with E-state index in [1.807, 2.05) is 19.2 Å². The van der Waals surface area contributed by atoms with Crippen molar-refractivity contribution in [3.63, 3.8) is 0 Å². The van der Waals surface area contributed by atoms with E-state index in [4.69, 9.17) is 0 Å². The summed E-state index contributed by atoms with van der Waals surface area (Å²) in [7, 11) is 1.87. The van der Waals surface area contributed by atoms with Crippen molar-refractivity contribution >= 4 is 0 Å². The molecule has 0 unspecified atom stereocenters. The summed E-state index contributed by atoms with van der Waals surface area (Å²) in [6.07, 6.45) is 2.43. The number of hydrogen-bond acceptors (Lipinski definition) is 2. The number of hydrogen-bond donors (Lipinski definition) is 2. The van der Waals surface area contributed by atoms with Crippen LogP contribution in [0.25, 0.3) is 0 Å². The molecule has 0 aliphatic carbocycles. The average Bonchev–Trinajstić information content (AvgIpc) is 2.03. The highest BCUT2D eigenvalue weighted by Gasteiger charge is 1.94. The van der Waals surface area contributed by atoms with Gasteiger partial charge in [-0.3, -0.25) is 4.79 Å². The second kappa shape index (κ2) is 3.93. The third-order valence-corrected chi connectivity index (χ3v) is 1.54. The number of H-pyrrole nitrogens is 1. The zero-order valence-electron chi connectivity index (χ0n) is 6.55. The Morgan fingerprint density at radius 3 is 3.09 bits per heavy atom. The lowest BCUT2D eigenvalue weighted by atomic mass is 10.2. The minimum absolute atomic E-state index is 0.0164. The summed E-state index contributed by atoms with van der Waals surface area (Å²) in [6.45, 7) is 0.840. The molecule has 0 aliphatic heterocycles. The van der Waals surface area contributed by atoms with Crippen molar-refractivity contribution in [2.45, 2.75) is 6.42 Å². The Morgan fingerprint density at radius 2 is 2.45 bits per heavy atom. The van der Waals surface area contributed by atoms with Crippen LogP contribution in [0.1, 0.15) is 5.56 Å². The summed E-state index contributed by atoms with van der Waals surface area (Å²) in [4.78, 5) is 13.7. The van der Waals surface area contributed by atoms with E-state index in [0.717, 1.165) is 18.5 Å². The van der Waals surface area contributed by atoms with Gasteiger partial charge in [-0.15, -0.1) is 0 Å². The van der Waals surface area contributed by atoms with Gasteiger partial charge in [0, 0.05) is 11.8 Å². The fraction of sp³-hybridized carbons (Fsp3) is 0.375. The van der Waals surface area contributed by atoms with Crippen molar-refractivity contribution in [3.8, 4) is 0 Å². The summed E-state index contributed by atoms with van der Waals surface area (Å²) >= 11 is 0. The van der Waals surface area contributed by atoms with Gasteiger partial charge in [0.25, 0.3) is 5.56 Å². The highest BCUT2D eigenvalue weighted by molar-refractivity contribution is 5.09. The van der Waals surface area contributed by atoms with Gasteiger partial charge >= 0.3 is 0 Å². The maximum Gasteiger partial charge on any atom is 0.251 e. The van der Waals surface area contributed by atoms with Crippen LogP contribution in [0.3, 0.4) is 0 Å². The zero-order chi connectivity index (χ0) is 8.10. The van der Waals surface area contributed by atoms with E-state index in [0.29, 0.717) is 0 Å². The van der Waals surface area contributed by atoms with Gasteiger partial charge in [0.2, 0.25) is 0 Å². The Morgan fingerprint density at radius 1 is 1.64 bits per heavy atom. The molecule has 0 fully saturated rings. The zero-order valence-corrected chi connectivity index (χ0v) is 6.55. The van der Waals surface area contributed by atoms with Crippen LogP contribution >= 0.6 is 0 Å². The third kappa shape index (κ3) is 2.20. The molecule has 3 nitrogen and oxygen atoms in total. The molecule has 0 radical (unpaired) electrons. The van der Waals surface area contributed by atoms with Crippen molar-refractivity contribution in [1.29, 1.82) is 0 Å². The van der Waals surface area contributed by atoms with E-state index in [1.165, 1.54) is 0 Å². The molecule has 0 aliphatic rings. The first-order valence-electron chi connectivity index (χ1n) is 3.66. The molecule has 1 rings (SSSR count). The molecule has 2 N–H and O–H groups in total. The number of likely N-dealkylation sites (N-methyl/N-ethyl adjacent to an activating group) is 1. The highest BCUT2D eigenvalue weighted by atomic mass is 16.1. The summed E-state index contributed by atoms with van der Waals surface area (Å²) in [6, 6.07) is 3.68. The molecule has 0 amide bonds. The Labute approximate surface area is 65.5 Å². The normalized spacial score (nSPS) is 9.91. The van der Waals surface area contributed by atoms with Crippen LogP contribution in [-0.2, 0) is 6.42 Å². The van der Waals surface area contributed by atoms with Crippen LogP contribution in [0.15, 0.2) is 23.1 Å². The Bertz CT molecular complexity index is 267. The molecular formula is C8H12N2O. The lowest BCUT2D eigenvalue weighted by Gasteiger charge is -1.97. The quantitative estimate of drug-likeness (QED) is 0.647. The first-order chi connectivity index (χ1) is 5.34. The van der Waals surface area contributed by atoms with Crippen LogP contribution in [0, 0.1) is 0 Å². The maximum absolute atomic E-state index is 11.0. The summed E-state index contributed by atoms with van der Waals surface area (Å²) in [5.41, 5.74) is 0.851. The summed E-state index contributed by atoms with van der Waals surface area (Å²) in [5, 5.41) is 2.99. The van der Waals surface area contributed by atoms with Crippen LogP contribution in [0.4, 0.5) is 0 Å². The van der Waals surface area contributed by atoms with Crippen molar-refractivity contribution in [1.82, 2.24) is 10.3 Å². The van der Waals surface area contributed by atoms with Crippen molar-refractivity contribution in [3.05, 3.63) is 34.2 Å². The summed E-state index contributed by atoms with van der Waals surface area (Å²) < 4.78 is 0. The van der Waals surface area contributed by atoms with Crippen molar-refractivity contribution in [2.75, 3.05) is 13.6 Å². The second-order valence-electron chi connectivity index (χ2n) is 2.38. The fourth-order valence-electron chi connectivity index (χ4n) is 0.913. The number of aromatic nitrogens is 1. The van der Waals surface area contributed by atoms with Gasteiger partial charge in [0.1, 0.15) is 0 Å². The lowest BCUT2D eigenvalue weighted by molar-refractivity contribution is 0.785. The Balaban J connectivity index is 2.70. The van der Waals surface area contributed by atoms with Crippen LogP contribution in [0.5, 0.6) is 0 Å². The number of rotatable bonds is 3. The molecule has 3 heteroatoms. The van der Waals surface area contributed by atoms with Gasteiger partial charge in [-0.1, -0.05) is 6.07 Å². The number of nitrogens with one attached hydrogen (secondary N) is 2. The first-order valence-corrected chi connectivity index (χ1v) is 3.66. The minimum Gasteiger partial charge on any atom is -0.329 e. The van der Waals surface area contributed by atoms with Gasteiger partial charge in [0.05, 0.1) is 0 Å². The molecular weight excluding hydrogens is 140 g/mol. The molecule has 0 atom stereocenters. The largest absolute Gasteiger partial charge is 0.329 e. The standard InChI is InChI=1S/C8H12N2O/c1-9-6-4-7-3-2-5-10-8(7)11/h2-3,5,9H,4,6H2,1H3,(H,10,11). The van der Waals surface area contributed by atoms with Crippen LogP contribution in [0.2, 0.25) is 0 Å². The van der Waals surface area contributed by atoms with E-state index in [1.54, 1.807) is 6.20 Å². The first kappa shape index (κ1) is 8.01. The fourth-order valence-corrected chi connectivity index (χ4v) is 0.913. The van der Waals surface area contributed by atoms with E-state index in [9.17, 15) is 4.79 Å². The van der Waals surface area contributed by atoms with E-state index in [-0.39, 0.29) is 5.56 Å². The topological polar surface area (TPSA) is 44.9 Å². The van der Waals surface area contributed by atoms with Crippen molar-refractivity contribution < 1.29 is 0 Å². The van der Waals surface area contributed by atoms with Gasteiger partial charge in [0.15, 0.2) is 0 Å². The average molecular weight is 152 g/mol. The monoisotopic (exact) mass is 152 g/mol. The van der Waals surface area contributed by atoms with E-state index < -0.39 is 0 Å². The van der Waals surface area contributed by atoms with Gasteiger partial charge < -0.3 is 10.3 Å². The highest BCUT2D eigenvalue weighted by Crippen LogP contribution is 1.88. The predicted molar refractivity (Wildman–Crippen MR) is 44.7 cm³/mol. The molecule has 1 aromatic heterocycles. The van der Waals surface area contributed by atoms with Gasteiger partial charge in [-0.25, -0.2) is 0 Å². The lowest BCUT2D eigenvalue weighted by Crippen LogP contribution is -2.17.